The molecule has 2 rings (SSSR count). The molecule has 1 amide bonds. The minimum Gasteiger partial charge on any atom is -0.497 e. The van der Waals surface area contributed by atoms with E-state index in [0.717, 1.165) is 0 Å². The number of rotatable bonds is 5. The van der Waals surface area contributed by atoms with E-state index in [-0.39, 0.29) is 18.3 Å². The van der Waals surface area contributed by atoms with Gasteiger partial charge in [0.25, 0.3) is 5.91 Å². The molecule has 0 saturated heterocycles. The van der Waals surface area contributed by atoms with E-state index in [2.05, 4.69) is 10.5 Å². The Bertz CT molecular complexity index is 551. The molecule has 1 aromatic heterocycles. The van der Waals surface area contributed by atoms with Crippen molar-refractivity contribution in [3.05, 3.63) is 47.3 Å². The summed E-state index contributed by atoms with van der Waals surface area (Å²) >= 11 is 5.61. The van der Waals surface area contributed by atoms with Crippen LogP contribution in [0.1, 0.15) is 21.8 Å². The molecule has 5 nitrogen and oxygen atoms in total. The summed E-state index contributed by atoms with van der Waals surface area (Å²) in [5, 5.41) is 6.47. The van der Waals surface area contributed by atoms with Gasteiger partial charge in [0.2, 0.25) is 0 Å². The van der Waals surface area contributed by atoms with Crippen LogP contribution in [-0.4, -0.2) is 18.2 Å². The first-order valence-corrected chi connectivity index (χ1v) is 6.19. The van der Waals surface area contributed by atoms with Crippen molar-refractivity contribution in [2.75, 3.05) is 7.11 Å². The summed E-state index contributed by atoms with van der Waals surface area (Å²) in [6, 6.07) is 8.56. The Kier molecular flexibility index (Phi) is 4.41. The molecular formula is C13H13ClN2O3. The number of amides is 1. The fraction of sp³-hybridized carbons (Fsp3) is 0.231. The third kappa shape index (κ3) is 3.48. The van der Waals surface area contributed by atoms with Crippen molar-refractivity contribution in [2.24, 2.45) is 0 Å². The summed E-state index contributed by atoms with van der Waals surface area (Å²) in [4.78, 5) is 11.9. The lowest BCUT2D eigenvalue weighted by molar-refractivity contribution is 0.0947. The van der Waals surface area contributed by atoms with Gasteiger partial charge in [0.05, 0.1) is 25.2 Å². The molecule has 0 aliphatic carbocycles. The monoisotopic (exact) mass is 280 g/mol. The number of nitrogens with zero attached hydrogens (tertiary/aromatic N) is 1. The van der Waals surface area contributed by atoms with Gasteiger partial charge in [0.15, 0.2) is 5.76 Å². The van der Waals surface area contributed by atoms with Gasteiger partial charge < -0.3 is 14.6 Å². The molecule has 100 valence electrons. The molecule has 0 fully saturated rings. The van der Waals surface area contributed by atoms with Crippen LogP contribution in [-0.2, 0) is 12.4 Å². The zero-order valence-corrected chi connectivity index (χ0v) is 11.1. The zero-order valence-electron chi connectivity index (χ0n) is 10.4. The van der Waals surface area contributed by atoms with E-state index in [1.165, 1.54) is 0 Å². The number of ether oxygens (including phenoxy) is 1. The van der Waals surface area contributed by atoms with Crippen molar-refractivity contribution in [3.8, 4) is 5.75 Å². The molecule has 0 aliphatic heterocycles. The summed E-state index contributed by atoms with van der Waals surface area (Å²) in [7, 11) is 1.58. The third-order valence-corrected chi connectivity index (χ3v) is 2.79. The number of hydrogen-bond donors (Lipinski definition) is 1. The highest BCUT2D eigenvalue weighted by Crippen LogP contribution is 2.11. The molecule has 0 aliphatic rings. The number of hydrogen-bond acceptors (Lipinski definition) is 4. The van der Waals surface area contributed by atoms with E-state index >= 15 is 0 Å². The summed E-state index contributed by atoms with van der Waals surface area (Å²) in [5.41, 5.74) is 1.20. The number of benzene rings is 1. The Morgan fingerprint density at radius 1 is 1.42 bits per heavy atom. The number of aromatic nitrogens is 1. The molecule has 6 heteroatoms. The van der Waals surface area contributed by atoms with E-state index in [9.17, 15) is 4.79 Å². The van der Waals surface area contributed by atoms with Crippen molar-refractivity contribution < 1.29 is 14.1 Å². The lowest BCUT2D eigenvalue weighted by Gasteiger charge is -2.04. The van der Waals surface area contributed by atoms with Gasteiger partial charge in [-0.3, -0.25) is 4.79 Å². The van der Waals surface area contributed by atoms with Gasteiger partial charge in [-0.25, -0.2) is 0 Å². The van der Waals surface area contributed by atoms with Gasteiger partial charge in [0, 0.05) is 11.6 Å². The van der Waals surface area contributed by atoms with Crippen molar-refractivity contribution in [1.82, 2.24) is 10.5 Å². The van der Waals surface area contributed by atoms with Crippen molar-refractivity contribution in [3.63, 3.8) is 0 Å². The highest BCUT2D eigenvalue weighted by atomic mass is 35.5. The van der Waals surface area contributed by atoms with Crippen LogP contribution in [0.3, 0.4) is 0 Å². The summed E-state index contributed by atoms with van der Waals surface area (Å²) in [6.07, 6.45) is 0. The predicted octanol–water partition coefficient (Wildman–Crippen LogP) is 2.35. The fourth-order valence-electron chi connectivity index (χ4n) is 1.51. The highest BCUT2D eigenvalue weighted by Gasteiger charge is 2.08. The van der Waals surface area contributed by atoms with Crippen LogP contribution in [0.15, 0.2) is 34.9 Å². The van der Waals surface area contributed by atoms with Crippen LogP contribution < -0.4 is 10.1 Å². The predicted molar refractivity (Wildman–Crippen MR) is 70.2 cm³/mol. The topological polar surface area (TPSA) is 64.4 Å². The second-order valence-electron chi connectivity index (χ2n) is 3.83. The molecule has 0 atom stereocenters. The third-order valence-electron chi connectivity index (χ3n) is 2.52. The van der Waals surface area contributed by atoms with Gasteiger partial charge in [-0.05, 0) is 24.3 Å². The Morgan fingerprint density at radius 2 is 2.16 bits per heavy atom. The first kappa shape index (κ1) is 13.4. The maximum absolute atomic E-state index is 11.9. The van der Waals surface area contributed by atoms with E-state index in [4.69, 9.17) is 20.9 Å². The van der Waals surface area contributed by atoms with E-state index in [1.807, 2.05) is 0 Å². The number of carbonyl (C=O) groups excluding carboxylic acids is 1. The summed E-state index contributed by atoms with van der Waals surface area (Å²) in [6.45, 7) is 0.273. The number of methoxy groups -OCH3 is 1. The van der Waals surface area contributed by atoms with Crippen LogP contribution in [0, 0.1) is 0 Å². The number of halogens is 1. The Labute approximate surface area is 115 Å². The first-order chi connectivity index (χ1) is 9.22. The van der Waals surface area contributed by atoms with Gasteiger partial charge in [-0.1, -0.05) is 5.16 Å². The number of carbonyl (C=O) groups is 1. The SMILES string of the molecule is COc1ccc(C(=O)NCc2cc(CCl)no2)cc1. The lowest BCUT2D eigenvalue weighted by atomic mass is 10.2. The van der Waals surface area contributed by atoms with Crippen LogP contribution in [0.5, 0.6) is 5.75 Å². The maximum atomic E-state index is 11.9. The molecule has 2 aromatic rings. The Hall–Kier alpha value is -2.01. The Balaban J connectivity index is 1.93. The molecule has 0 spiro atoms. The van der Waals surface area contributed by atoms with Crippen molar-refractivity contribution >= 4 is 17.5 Å². The van der Waals surface area contributed by atoms with E-state index in [1.54, 1.807) is 37.4 Å². The number of nitrogens with one attached hydrogen (secondary N) is 1. The van der Waals surface area contributed by atoms with Crippen molar-refractivity contribution in [1.29, 1.82) is 0 Å². The quantitative estimate of drug-likeness (QED) is 0.854. The van der Waals surface area contributed by atoms with Gasteiger partial charge in [-0.2, -0.15) is 0 Å². The van der Waals surface area contributed by atoms with E-state index < -0.39 is 0 Å². The fourth-order valence-corrected chi connectivity index (χ4v) is 1.64. The molecule has 0 bridgehead atoms. The molecule has 0 saturated carbocycles. The smallest absolute Gasteiger partial charge is 0.251 e. The zero-order chi connectivity index (χ0) is 13.7. The van der Waals surface area contributed by atoms with Crippen LogP contribution in [0.2, 0.25) is 0 Å². The second-order valence-corrected chi connectivity index (χ2v) is 4.10. The highest BCUT2D eigenvalue weighted by molar-refractivity contribution is 6.16. The molecule has 1 N–H and O–H groups in total. The standard InChI is InChI=1S/C13H13ClN2O3/c1-18-11-4-2-9(3-5-11)13(17)15-8-12-6-10(7-14)16-19-12/h2-6H,7-8H2,1H3,(H,15,17). The molecule has 0 radical (unpaired) electrons. The molecule has 1 aromatic carbocycles. The van der Waals surface area contributed by atoms with E-state index in [0.29, 0.717) is 22.8 Å². The molecule has 1 heterocycles. The summed E-state index contributed by atoms with van der Waals surface area (Å²) < 4.78 is 10.0. The average molecular weight is 281 g/mol. The first-order valence-electron chi connectivity index (χ1n) is 5.65. The molecular weight excluding hydrogens is 268 g/mol. The lowest BCUT2D eigenvalue weighted by Crippen LogP contribution is -2.22. The maximum Gasteiger partial charge on any atom is 0.251 e. The minimum absolute atomic E-state index is 0.188. The average Bonchev–Trinajstić information content (AvgIpc) is 2.93. The van der Waals surface area contributed by atoms with Crippen LogP contribution >= 0.6 is 11.6 Å². The van der Waals surface area contributed by atoms with Gasteiger partial charge >= 0.3 is 0 Å². The normalized spacial score (nSPS) is 10.2. The second kappa shape index (κ2) is 6.24. The Morgan fingerprint density at radius 3 is 2.74 bits per heavy atom. The van der Waals surface area contributed by atoms with Gasteiger partial charge in [0.1, 0.15) is 5.75 Å². The van der Waals surface area contributed by atoms with Crippen molar-refractivity contribution in [2.45, 2.75) is 12.4 Å². The summed E-state index contributed by atoms with van der Waals surface area (Å²) in [5.74, 6) is 1.37. The van der Waals surface area contributed by atoms with Crippen LogP contribution in [0.4, 0.5) is 0 Å². The number of alkyl halides is 1. The molecule has 19 heavy (non-hydrogen) atoms. The minimum atomic E-state index is -0.188. The molecule has 0 unspecified atom stereocenters. The van der Waals surface area contributed by atoms with Gasteiger partial charge in [-0.15, -0.1) is 11.6 Å². The van der Waals surface area contributed by atoms with Crippen LogP contribution in [0.25, 0.3) is 0 Å². The largest absolute Gasteiger partial charge is 0.497 e.